The van der Waals surface area contributed by atoms with Crippen molar-refractivity contribution in [2.24, 2.45) is 0 Å². The van der Waals surface area contributed by atoms with Crippen molar-refractivity contribution in [2.45, 2.75) is 12.8 Å². The molecule has 0 aromatic heterocycles. The van der Waals surface area contributed by atoms with Gasteiger partial charge >= 0.3 is 5.97 Å². The highest BCUT2D eigenvalue weighted by molar-refractivity contribution is 6.35. The molecule has 0 N–H and O–H groups in total. The van der Waals surface area contributed by atoms with Crippen LogP contribution in [0.4, 0.5) is 0 Å². The van der Waals surface area contributed by atoms with Gasteiger partial charge in [-0.1, -0.05) is 71.7 Å². The highest BCUT2D eigenvalue weighted by atomic mass is 35.5. The molecule has 0 heterocycles. The first-order valence-electron chi connectivity index (χ1n) is 8.56. The van der Waals surface area contributed by atoms with E-state index >= 15 is 0 Å². The lowest BCUT2D eigenvalue weighted by Gasteiger charge is -2.11. The minimum Gasteiger partial charge on any atom is -0.492 e. The third-order valence-electron chi connectivity index (χ3n) is 3.87. The van der Waals surface area contributed by atoms with E-state index in [9.17, 15) is 4.79 Å². The highest BCUT2D eigenvalue weighted by Gasteiger charge is 2.11. The minimum atomic E-state index is -0.302. The summed E-state index contributed by atoms with van der Waals surface area (Å²) >= 11 is 11.9. The van der Waals surface area contributed by atoms with Crippen molar-refractivity contribution in [1.29, 1.82) is 0 Å². The zero-order valence-electron chi connectivity index (χ0n) is 14.5. The third-order valence-corrected chi connectivity index (χ3v) is 4.40. The van der Waals surface area contributed by atoms with Crippen molar-refractivity contribution in [1.82, 2.24) is 0 Å². The number of halogens is 2. The van der Waals surface area contributed by atoms with Crippen LogP contribution in [0.15, 0.2) is 72.8 Å². The molecule has 0 aliphatic rings. The molecule has 3 rings (SSSR count). The molecule has 138 valence electrons. The number of carbonyl (C=O) groups is 1. The maximum Gasteiger partial charge on any atom is 0.311 e. The molecule has 27 heavy (non-hydrogen) atoms. The van der Waals surface area contributed by atoms with Crippen LogP contribution in [0.5, 0.6) is 11.5 Å². The first kappa shape index (κ1) is 19.3. The van der Waals surface area contributed by atoms with Crippen LogP contribution in [0, 0.1) is 0 Å². The number of benzene rings is 3. The molecule has 0 aliphatic carbocycles. The zero-order valence-corrected chi connectivity index (χ0v) is 16.0. The van der Waals surface area contributed by atoms with Crippen molar-refractivity contribution in [3.63, 3.8) is 0 Å². The fourth-order valence-electron chi connectivity index (χ4n) is 2.58. The Labute approximate surface area is 168 Å². The van der Waals surface area contributed by atoms with Gasteiger partial charge in [0.15, 0.2) is 0 Å². The second kappa shape index (κ2) is 9.45. The minimum absolute atomic E-state index is 0.244. The molecule has 3 nitrogen and oxygen atoms in total. The van der Waals surface area contributed by atoms with E-state index in [1.165, 1.54) is 0 Å². The van der Waals surface area contributed by atoms with E-state index in [2.05, 4.69) is 0 Å². The van der Waals surface area contributed by atoms with Gasteiger partial charge in [0.1, 0.15) is 11.5 Å². The SMILES string of the molecule is O=C(CCCOc1ccc(Cl)cc1Cl)Oc1ccccc1-c1ccccc1. The maximum absolute atomic E-state index is 12.2. The average molecular weight is 401 g/mol. The van der Waals surface area contributed by atoms with Gasteiger partial charge in [-0.15, -0.1) is 0 Å². The van der Waals surface area contributed by atoms with Gasteiger partial charge in [-0.3, -0.25) is 4.79 Å². The topological polar surface area (TPSA) is 35.5 Å². The molecule has 0 amide bonds. The van der Waals surface area contributed by atoms with Gasteiger partial charge in [0.25, 0.3) is 0 Å². The fraction of sp³-hybridized carbons (Fsp3) is 0.136. The Balaban J connectivity index is 1.53. The number of hydrogen-bond donors (Lipinski definition) is 0. The summed E-state index contributed by atoms with van der Waals surface area (Å²) in [5.74, 6) is 0.795. The fourth-order valence-corrected chi connectivity index (χ4v) is 3.04. The van der Waals surface area contributed by atoms with Crippen molar-refractivity contribution >= 4 is 29.2 Å². The number of hydrogen-bond acceptors (Lipinski definition) is 3. The normalized spacial score (nSPS) is 10.4. The highest BCUT2D eigenvalue weighted by Crippen LogP contribution is 2.30. The average Bonchev–Trinajstić information content (AvgIpc) is 2.68. The van der Waals surface area contributed by atoms with E-state index in [4.69, 9.17) is 32.7 Å². The first-order chi connectivity index (χ1) is 13.1. The van der Waals surface area contributed by atoms with Crippen LogP contribution in [0.25, 0.3) is 11.1 Å². The van der Waals surface area contributed by atoms with E-state index in [1.54, 1.807) is 24.3 Å². The number of para-hydroxylation sites is 1. The predicted molar refractivity (Wildman–Crippen MR) is 109 cm³/mol. The zero-order chi connectivity index (χ0) is 19.1. The van der Waals surface area contributed by atoms with Gasteiger partial charge in [0.2, 0.25) is 0 Å². The van der Waals surface area contributed by atoms with Crippen molar-refractivity contribution in [3.8, 4) is 22.6 Å². The molecule has 0 atom stereocenters. The Morgan fingerprint density at radius 2 is 1.59 bits per heavy atom. The van der Waals surface area contributed by atoms with E-state index in [-0.39, 0.29) is 12.4 Å². The molecule has 0 spiro atoms. The molecule has 3 aromatic carbocycles. The first-order valence-corrected chi connectivity index (χ1v) is 9.32. The molecule has 0 radical (unpaired) electrons. The van der Waals surface area contributed by atoms with E-state index in [0.29, 0.717) is 34.6 Å². The Morgan fingerprint density at radius 1 is 0.852 bits per heavy atom. The summed E-state index contributed by atoms with van der Waals surface area (Å²) in [7, 11) is 0. The maximum atomic E-state index is 12.2. The van der Waals surface area contributed by atoms with Gasteiger partial charge in [0, 0.05) is 17.0 Å². The van der Waals surface area contributed by atoms with E-state index < -0.39 is 0 Å². The van der Waals surface area contributed by atoms with Crippen LogP contribution < -0.4 is 9.47 Å². The van der Waals surface area contributed by atoms with Crippen molar-refractivity contribution in [2.75, 3.05) is 6.61 Å². The summed E-state index contributed by atoms with van der Waals surface area (Å²) in [6, 6.07) is 22.3. The Kier molecular flexibility index (Phi) is 6.74. The summed E-state index contributed by atoms with van der Waals surface area (Å²) in [4.78, 5) is 12.2. The van der Waals surface area contributed by atoms with Gasteiger partial charge < -0.3 is 9.47 Å². The molecule has 5 heteroatoms. The van der Waals surface area contributed by atoms with Crippen LogP contribution in [0.2, 0.25) is 10.0 Å². The quantitative estimate of drug-likeness (QED) is 0.260. The lowest BCUT2D eigenvalue weighted by molar-refractivity contribution is -0.134. The van der Waals surface area contributed by atoms with E-state index in [1.807, 2.05) is 48.5 Å². The summed E-state index contributed by atoms with van der Waals surface area (Å²) in [6.45, 7) is 0.358. The predicted octanol–water partition coefficient (Wildman–Crippen LogP) is 6.43. The lowest BCUT2D eigenvalue weighted by Crippen LogP contribution is -2.10. The van der Waals surface area contributed by atoms with Gasteiger partial charge in [-0.05, 0) is 36.2 Å². The molecular weight excluding hydrogens is 383 g/mol. The molecule has 0 bridgehead atoms. The van der Waals surface area contributed by atoms with Crippen molar-refractivity contribution in [3.05, 3.63) is 82.8 Å². The summed E-state index contributed by atoms with van der Waals surface area (Å²) in [5.41, 5.74) is 1.89. The van der Waals surface area contributed by atoms with Crippen LogP contribution >= 0.6 is 23.2 Å². The molecule has 0 aliphatic heterocycles. The monoisotopic (exact) mass is 400 g/mol. The van der Waals surface area contributed by atoms with Crippen LogP contribution in [0.3, 0.4) is 0 Å². The van der Waals surface area contributed by atoms with Crippen LogP contribution in [0.1, 0.15) is 12.8 Å². The summed E-state index contributed by atoms with van der Waals surface area (Å²) in [6.07, 6.45) is 0.764. The van der Waals surface area contributed by atoms with Gasteiger partial charge in [-0.2, -0.15) is 0 Å². The number of carbonyl (C=O) groups excluding carboxylic acids is 1. The molecule has 3 aromatic rings. The Hall–Kier alpha value is -2.49. The van der Waals surface area contributed by atoms with Crippen molar-refractivity contribution < 1.29 is 14.3 Å². The van der Waals surface area contributed by atoms with Gasteiger partial charge in [-0.25, -0.2) is 0 Å². The third kappa shape index (κ3) is 5.49. The smallest absolute Gasteiger partial charge is 0.311 e. The molecule has 0 unspecified atom stereocenters. The number of rotatable bonds is 7. The number of esters is 1. The molecule has 0 saturated heterocycles. The number of ether oxygens (including phenoxy) is 2. The van der Waals surface area contributed by atoms with Crippen LogP contribution in [-0.2, 0) is 4.79 Å². The Bertz CT molecular complexity index is 910. The Morgan fingerprint density at radius 3 is 2.37 bits per heavy atom. The van der Waals surface area contributed by atoms with Gasteiger partial charge in [0.05, 0.1) is 11.6 Å². The van der Waals surface area contributed by atoms with E-state index in [0.717, 1.165) is 11.1 Å². The second-order valence-electron chi connectivity index (χ2n) is 5.86. The molecule has 0 fully saturated rings. The summed E-state index contributed by atoms with van der Waals surface area (Å²) in [5, 5.41) is 0.995. The van der Waals surface area contributed by atoms with Crippen LogP contribution in [-0.4, -0.2) is 12.6 Å². The second-order valence-corrected chi connectivity index (χ2v) is 6.71. The summed E-state index contributed by atoms with van der Waals surface area (Å²) < 4.78 is 11.1. The largest absolute Gasteiger partial charge is 0.492 e. The molecular formula is C22H18Cl2O3. The molecule has 0 saturated carbocycles. The standard InChI is InChI=1S/C22H18Cl2O3/c23-17-12-13-21(19(24)15-17)26-14-6-11-22(25)27-20-10-5-4-9-18(20)16-7-2-1-3-8-16/h1-5,7-10,12-13,15H,6,11,14H2. The lowest BCUT2D eigenvalue weighted by atomic mass is 10.1.